The molecule has 0 spiro atoms. The number of hydrogen-bond acceptors (Lipinski definition) is 6. The van der Waals surface area contributed by atoms with Crippen LogP contribution >= 0.6 is 11.8 Å². The Morgan fingerprint density at radius 2 is 2.00 bits per heavy atom. The third kappa shape index (κ3) is 3.58. The highest BCUT2D eigenvalue weighted by Gasteiger charge is 2.16. The molecule has 0 radical (unpaired) electrons. The number of carbonyl (C=O) groups excluding carboxylic acids is 1. The molecule has 0 aliphatic carbocycles. The van der Waals surface area contributed by atoms with E-state index in [1.54, 1.807) is 30.0 Å². The summed E-state index contributed by atoms with van der Waals surface area (Å²) in [5.74, 6) is 1.82. The van der Waals surface area contributed by atoms with Gasteiger partial charge in [-0.05, 0) is 35.9 Å². The van der Waals surface area contributed by atoms with E-state index in [-0.39, 0.29) is 12.7 Å². The molecule has 4 rings (SSSR count). The van der Waals surface area contributed by atoms with Gasteiger partial charge in [0.15, 0.2) is 16.7 Å². The van der Waals surface area contributed by atoms with Gasteiger partial charge in [0.1, 0.15) is 6.33 Å². The van der Waals surface area contributed by atoms with E-state index in [4.69, 9.17) is 9.47 Å². The van der Waals surface area contributed by atoms with E-state index < -0.39 is 0 Å². The molecule has 7 nitrogen and oxygen atoms in total. The van der Waals surface area contributed by atoms with Crippen LogP contribution in [0.5, 0.6) is 11.5 Å². The van der Waals surface area contributed by atoms with Crippen molar-refractivity contribution in [3.05, 3.63) is 59.9 Å². The predicted octanol–water partition coefficient (Wildman–Crippen LogP) is 3.08. The fourth-order valence-corrected chi connectivity index (χ4v) is 3.08. The molecule has 1 amide bonds. The summed E-state index contributed by atoms with van der Waals surface area (Å²) in [6, 6.07) is 12.8. The van der Waals surface area contributed by atoms with Crippen LogP contribution in [-0.2, 0) is 5.75 Å². The lowest BCUT2D eigenvalue weighted by Crippen LogP contribution is -2.11. The zero-order chi connectivity index (χ0) is 17.1. The topological polar surface area (TPSA) is 89.1 Å². The van der Waals surface area contributed by atoms with Gasteiger partial charge in [-0.3, -0.25) is 9.89 Å². The molecule has 0 atom stereocenters. The third-order valence-electron chi connectivity index (χ3n) is 3.62. The lowest BCUT2D eigenvalue weighted by atomic mass is 10.1. The maximum Gasteiger partial charge on any atom is 0.255 e. The number of hydrogen-bond donors (Lipinski definition) is 2. The first kappa shape index (κ1) is 15.5. The van der Waals surface area contributed by atoms with Gasteiger partial charge in [0.25, 0.3) is 5.91 Å². The number of amides is 1. The van der Waals surface area contributed by atoms with Gasteiger partial charge in [0.2, 0.25) is 6.79 Å². The molecular formula is C17H14N4O3S. The van der Waals surface area contributed by atoms with Crippen molar-refractivity contribution in [1.82, 2.24) is 15.2 Å². The van der Waals surface area contributed by atoms with Gasteiger partial charge >= 0.3 is 0 Å². The van der Waals surface area contributed by atoms with Crippen LogP contribution in [0.1, 0.15) is 15.9 Å². The number of H-pyrrole nitrogens is 1. The zero-order valence-corrected chi connectivity index (χ0v) is 13.9. The Hall–Kier alpha value is -3.00. The normalized spacial score (nSPS) is 12.2. The second-order valence-corrected chi connectivity index (χ2v) is 6.26. The van der Waals surface area contributed by atoms with Crippen molar-refractivity contribution < 1.29 is 14.3 Å². The van der Waals surface area contributed by atoms with Gasteiger partial charge in [-0.2, -0.15) is 5.10 Å². The molecule has 3 aromatic rings. The number of aromatic amines is 1. The standard InChI is InChI=1S/C17H14N4O3S/c22-16(12-3-6-14-15(7-12)24-10-23-14)20-13-4-1-11(2-5-13)8-25-17-18-9-19-21-17/h1-7,9H,8,10H2,(H,20,22)(H,18,19,21). The summed E-state index contributed by atoms with van der Waals surface area (Å²) in [6.07, 6.45) is 1.48. The molecule has 0 saturated carbocycles. The first-order chi connectivity index (χ1) is 12.3. The van der Waals surface area contributed by atoms with Gasteiger partial charge in [-0.15, -0.1) is 0 Å². The van der Waals surface area contributed by atoms with E-state index in [2.05, 4.69) is 20.5 Å². The molecule has 2 heterocycles. The zero-order valence-electron chi connectivity index (χ0n) is 13.1. The molecule has 0 bridgehead atoms. The van der Waals surface area contributed by atoms with Crippen LogP contribution in [0.4, 0.5) is 5.69 Å². The average Bonchev–Trinajstić information content (AvgIpc) is 3.32. The van der Waals surface area contributed by atoms with Crippen LogP contribution < -0.4 is 14.8 Å². The van der Waals surface area contributed by atoms with Crippen LogP contribution in [0.15, 0.2) is 53.9 Å². The fourth-order valence-electron chi connectivity index (χ4n) is 2.34. The Labute approximate surface area is 147 Å². The van der Waals surface area contributed by atoms with E-state index in [1.165, 1.54) is 6.33 Å². The van der Waals surface area contributed by atoms with Gasteiger partial charge in [0.05, 0.1) is 0 Å². The van der Waals surface area contributed by atoms with Crippen LogP contribution in [0, 0.1) is 0 Å². The maximum atomic E-state index is 12.3. The lowest BCUT2D eigenvalue weighted by Gasteiger charge is -2.07. The number of nitrogens with one attached hydrogen (secondary N) is 2. The second kappa shape index (κ2) is 6.86. The number of benzene rings is 2. The van der Waals surface area contributed by atoms with Crippen molar-refractivity contribution in [2.45, 2.75) is 10.9 Å². The highest BCUT2D eigenvalue weighted by atomic mass is 32.2. The maximum absolute atomic E-state index is 12.3. The molecule has 0 unspecified atom stereocenters. The second-order valence-electron chi connectivity index (χ2n) is 5.30. The number of thioether (sulfide) groups is 1. The summed E-state index contributed by atoms with van der Waals surface area (Å²) >= 11 is 1.57. The van der Waals surface area contributed by atoms with Crippen molar-refractivity contribution in [3.8, 4) is 11.5 Å². The Morgan fingerprint density at radius 1 is 1.16 bits per heavy atom. The van der Waals surface area contributed by atoms with Crippen LogP contribution in [-0.4, -0.2) is 27.9 Å². The molecule has 25 heavy (non-hydrogen) atoms. The van der Waals surface area contributed by atoms with Crippen molar-refractivity contribution in [3.63, 3.8) is 0 Å². The van der Waals surface area contributed by atoms with E-state index >= 15 is 0 Å². The molecule has 1 aliphatic heterocycles. The summed E-state index contributed by atoms with van der Waals surface area (Å²) in [7, 11) is 0. The molecule has 0 fully saturated rings. The van der Waals surface area contributed by atoms with Gasteiger partial charge in [0, 0.05) is 17.0 Å². The third-order valence-corrected chi connectivity index (χ3v) is 4.56. The van der Waals surface area contributed by atoms with Gasteiger partial charge < -0.3 is 14.8 Å². The molecule has 126 valence electrons. The number of anilines is 1. The van der Waals surface area contributed by atoms with E-state index in [1.807, 2.05) is 24.3 Å². The Morgan fingerprint density at radius 3 is 2.80 bits per heavy atom. The van der Waals surface area contributed by atoms with Crippen molar-refractivity contribution in [2.75, 3.05) is 12.1 Å². The Balaban J connectivity index is 1.38. The smallest absolute Gasteiger partial charge is 0.255 e. The van der Waals surface area contributed by atoms with Crippen LogP contribution in [0.3, 0.4) is 0 Å². The van der Waals surface area contributed by atoms with E-state index in [9.17, 15) is 4.79 Å². The number of fused-ring (bicyclic) bond motifs is 1. The van der Waals surface area contributed by atoms with Crippen LogP contribution in [0.25, 0.3) is 0 Å². The van der Waals surface area contributed by atoms with Crippen LogP contribution in [0.2, 0.25) is 0 Å². The summed E-state index contributed by atoms with van der Waals surface area (Å²) in [5, 5.41) is 10.3. The predicted molar refractivity (Wildman–Crippen MR) is 92.9 cm³/mol. The first-order valence-electron chi connectivity index (χ1n) is 7.56. The summed E-state index contributed by atoms with van der Waals surface area (Å²) < 4.78 is 10.5. The number of rotatable bonds is 5. The first-order valence-corrected chi connectivity index (χ1v) is 8.54. The molecular weight excluding hydrogens is 340 g/mol. The average molecular weight is 354 g/mol. The SMILES string of the molecule is O=C(Nc1ccc(CSc2ncn[nH]2)cc1)c1ccc2c(c1)OCO2. The van der Waals surface area contributed by atoms with Crippen molar-refractivity contribution >= 4 is 23.4 Å². The number of nitrogens with zero attached hydrogens (tertiary/aromatic N) is 2. The Bertz CT molecular complexity index is 881. The lowest BCUT2D eigenvalue weighted by molar-refractivity contribution is 0.102. The van der Waals surface area contributed by atoms with Gasteiger partial charge in [-0.1, -0.05) is 23.9 Å². The molecule has 0 saturated heterocycles. The molecule has 1 aliphatic rings. The van der Waals surface area contributed by atoms with Gasteiger partial charge in [-0.25, -0.2) is 4.98 Å². The van der Waals surface area contributed by atoms with Crippen molar-refractivity contribution in [2.24, 2.45) is 0 Å². The number of ether oxygens (including phenoxy) is 2. The molecule has 2 aromatic carbocycles. The summed E-state index contributed by atoms with van der Waals surface area (Å²) in [4.78, 5) is 16.4. The minimum atomic E-state index is -0.193. The largest absolute Gasteiger partial charge is 0.454 e. The molecule has 8 heteroatoms. The number of carbonyl (C=O) groups is 1. The van der Waals surface area contributed by atoms with Crippen molar-refractivity contribution in [1.29, 1.82) is 0 Å². The van der Waals surface area contributed by atoms with E-state index in [0.717, 1.165) is 22.2 Å². The highest BCUT2D eigenvalue weighted by molar-refractivity contribution is 7.98. The summed E-state index contributed by atoms with van der Waals surface area (Å²) in [5.41, 5.74) is 2.38. The monoisotopic (exact) mass is 354 g/mol. The Kier molecular flexibility index (Phi) is 4.26. The minimum absolute atomic E-state index is 0.188. The molecule has 1 aromatic heterocycles. The quantitative estimate of drug-likeness (QED) is 0.685. The minimum Gasteiger partial charge on any atom is -0.454 e. The van der Waals surface area contributed by atoms with E-state index in [0.29, 0.717) is 17.1 Å². The number of aromatic nitrogens is 3. The summed E-state index contributed by atoms with van der Waals surface area (Å²) in [6.45, 7) is 0.188. The molecule has 2 N–H and O–H groups in total. The fraction of sp³-hybridized carbons (Fsp3) is 0.118. The highest BCUT2D eigenvalue weighted by Crippen LogP contribution is 2.32.